The van der Waals surface area contributed by atoms with Crippen LogP contribution < -0.4 is 31.6 Å². The van der Waals surface area contributed by atoms with Crippen LogP contribution in [0, 0.1) is 0 Å². The van der Waals surface area contributed by atoms with E-state index in [1.54, 1.807) is 13.8 Å². The Balaban J connectivity index is 1.17. The Morgan fingerprint density at radius 3 is 1.74 bits per heavy atom. The molecule has 2 amide bonds. The van der Waals surface area contributed by atoms with Crippen LogP contribution >= 0.6 is 0 Å². The average Bonchev–Trinajstić information content (AvgIpc) is 2.57. The summed E-state index contributed by atoms with van der Waals surface area (Å²) >= 11 is 0. The van der Waals surface area contributed by atoms with Gasteiger partial charge in [0, 0.05) is 95.4 Å². The predicted octanol–water partition coefficient (Wildman–Crippen LogP) is 7.14. The molecular weight excluding hydrogens is 1010 g/mol. The minimum absolute atomic E-state index is 0.156. The summed E-state index contributed by atoms with van der Waals surface area (Å²) in [4.78, 5) is 32.6. The maximum absolute atomic E-state index is 12.8. The van der Waals surface area contributed by atoms with Crippen molar-refractivity contribution in [3.05, 3.63) is 195 Å². The van der Waals surface area contributed by atoms with Crippen LogP contribution in [0.3, 0.4) is 0 Å². The van der Waals surface area contributed by atoms with Crippen molar-refractivity contribution in [2.24, 2.45) is 0 Å². The third-order valence-electron chi connectivity index (χ3n) is 16.5. The number of hydrogen-bond acceptors (Lipinski definition) is 9. The van der Waals surface area contributed by atoms with E-state index in [2.05, 4.69) is 181 Å². The molecule has 0 spiro atoms. The largest absolute Gasteiger partial charge is 0.492 e. The number of nitrogens with one attached hydrogen (secondary N) is 2. The molecule has 410 valence electrons. The highest BCUT2D eigenvalue weighted by molar-refractivity contribution is 6.98. The number of rotatable bonds is 20. The summed E-state index contributed by atoms with van der Waals surface area (Å²) in [5.74, 6) is -0.314. The van der Waals surface area contributed by atoms with Gasteiger partial charge in [-0.2, -0.15) is 0 Å². The Labute approximate surface area is 473 Å². The van der Waals surface area contributed by atoms with Crippen molar-refractivity contribution in [1.82, 2.24) is 20.4 Å². The maximum atomic E-state index is 12.8. The van der Waals surface area contributed by atoms with Crippen molar-refractivity contribution in [2.45, 2.75) is 79.2 Å². The van der Waals surface area contributed by atoms with Crippen molar-refractivity contribution in [3.63, 3.8) is 0 Å². The Kier molecular flexibility index (Phi) is 16.6. The van der Waals surface area contributed by atoms with Crippen molar-refractivity contribution in [3.8, 4) is 0 Å². The lowest BCUT2D eigenvalue weighted by Gasteiger charge is -2.38. The Bertz CT molecular complexity index is 3620. The van der Waals surface area contributed by atoms with E-state index < -0.39 is 22.3 Å². The SMILES string of the molecule is C=C(C)C(=O)NCCCN(Cc1cccc2c1B(O)OC2)Cc1c2ccccc2c(CN(CCCNC(=O)C(=C)C)Cc2cccc3c2B(O)OC3)c2cc(C3=C4C=CC(=[N+](C)C)C=C4[Si](C)(C)c4cc(N(C)C)ccc43)ccc12. The maximum Gasteiger partial charge on any atom is 0.492 e. The molecule has 3 heterocycles. The van der Waals surface area contributed by atoms with E-state index in [9.17, 15) is 19.6 Å². The molecule has 6 aromatic carbocycles. The summed E-state index contributed by atoms with van der Waals surface area (Å²) in [5.41, 5.74) is 16.2. The van der Waals surface area contributed by atoms with Crippen LogP contribution in [0.2, 0.25) is 13.1 Å². The molecule has 0 saturated heterocycles. The minimum Gasteiger partial charge on any atom is -0.423 e. The van der Waals surface area contributed by atoms with E-state index in [1.807, 2.05) is 18.2 Å². The van der Waals surface area contributed by atoms with Gasteiger partial charge in [0.15, 0.2) is 5.71 Å². The molecule has 4 aliphatic rings. The number of carbonyl (C=O) groups is 2. The van der Waals surface area contributed by atoms with E-state index >= 15 is 0 Å². The van der Waals surface area contributed by atoms with Gasteiger partial charge in [0.1, 0.15) is 22.2 Å². The number of allylic oxidation sites excluding steroid dienone is 5. The van der Waals surface area contributed by atoms with Crippen molar-refractivity contribution < 1.29 is 33.5 Å². The van der Waals surface area contributed by atoms with Crippen LogP contribution in [0.1, 0.15) is 71.2 Å². The molecule has 15 heteroatoms. The van der Waals surface area contributed by atoms with Crippen LogP contribution in [-0.2, 0) is 58.3 Å². The molecule has 0 aromatic heterocycles. The first-order valence-electron chi connectivity index (χ1n) is 28.0. The summed E-state index contributed by atoms with van der Waals surface area (Å²) in [6.45, 7) is 21.4. The molecule has 3 aliphatic heterocycles. The minimum atomic E-state index is -2.25. The van der Waals surface area contributed by atoms with Crippen molar-refractivity contribution >= 4 is 88.8 Å². The molecule has 80 heavy (non-hydrogen) atoms. The van der Waals surface area contributed by atoms with E-state index in [4.69, 9.17) is 9.31 Å². The van der Waals surface area contributed by atoms with Crippen molar-refractivity contribution in [2.75, 3.05) is 59.3 Å². The van der Waals surface area contributed by atoms with E-state index in [-0.39, 0.29) is 11.8 Å². The summed E-state index contributed by atoms with van der Waals surface area (Å²) < 4.78 is 13.8. The van der Waals surface area contributed by atoms with Gasteiger partial charge in [-0.1, -0.05) is 105 Å². The zero-order valence-electron chi connectivity index (χ0n) is 47.8. The van der Waals surface area contributed by atoms with Gasteiger partial charge >= 0.3 is 14.2 Å². The third-order valence-corrected chi connectivity index (χ3v) is 20.0. The fourth-order valence-corrected chi connectivity index (χ4v) is 15.3. The van der Waals surface area contributed by atoms with Gasteiger partial charge in [0.05, 0.1) is 13.2 Å². The molecule has 1 aliphatic carbocycles. The van der Waals surface area contributed by atoms with Crippen LogP contribution in [0.15, 0.2) is 150 Å². The normalized spacial score (nSPS) is 15.1. The molecule has 12 nitrogen and oxygen atoms in total. The molecule has 4 N–H and O–H groups in total. The topological polar surface area (TPSA) is 130 Å². The van der Waals surface area contributed by atoms with Gasteiger partial charge in [-0.15, -0.1) is 0 Å². The lowest BCUT2D eigenvalue weighted by Crippen LogP contribution is -2.49. The fourth-order valence-electron chi connectivity index (χ4n) is 12.2. The molecule has 0 saturated carbocycles. The fraction of sp³-hybridized carbons (Fsp3) is 0.308. The number of hydrogen-bond donors (Lipinski definition) is 4. The van der Waals surface area contributed by atoms with Crippen LogP contribution in [0.4, 0.5) is 5.69 Å². The quantitative estimate of drug-likeness (QED) is 0.0207. The standard InChI is InChI=1S/C65H74B2N6O6Si/c1-42(2)64(74)68-29-15-31-72(36-45-17-13-19-47-40-78-66(76)62(45)47)38-57-51-21-11-12-22-52(51)58(39-73(32-16-30-69-65(75)43(3)4)37-46-18-14-20-48-41-79-67(77)63(46)48)56-33-44(23-26-53(56)57)61-54-27-24-49(70(5)6)34-59(54)80(9,10)60-35-50(71(7)8)25-28-55(60)61/h11-14,17-28,33-35,76-77H,1,3,15-16,29-32,36-41H2,2,4-10H3,(H-,68,69,74,75)/p+1. The highest BCUT2D eigenvalue weighted by Crippen LogP contribution is 2.44. The number of amides is 2. The second-order valence-corrected chi connectivity index (χ2v) is 27.3. The Hall–Kier alpha value is -6.94. The van der Waals surface area contributed by atoms with E-state index in [1.165, 1.54) is 49.6 Å². The third kappa shape index (κ3) is 11.4. The molecule has 0 atom stereocenters. The Morgan fingerprint density at radius 1 is 0.675 bits per heavy atom. The predicted molar refractivity (Wildman–Crippen MR) is 330 cm³/mol. The lowest BCUT2D eigenvalue weighted by molar-refractivity contribution is -0.462. The molecule has 10 rings (SSSR count). The first kappa shape index (κ1) is 56.3. The average molecular weight is 1090 g/mol. The van der Waals surface area contributed by atoms with Crippen LogP contribution in [-0.4, -0.2) is 119 Å². The summed E-state index contributed by atoms with van der Waals surface area (Å²) in [6, 6.07) is 35.3. The highest BCUT2D eigenvalue weighted by Gasteiger charge is 2.41. The second kappa shape index (κ2) is 23.6. The smallest absolute Gasteiger partial charge is 0.423 e. The molecule has 0 bridgehead atoms. The number of carbonyl (C=O) groups excluding carboxylic acids is 2. The highest BCUT2D eigenvalue weighted by atomic mass is 28.3. The molecule has 0 radical (unpaired) electrons. The zero-order valence-corrected chi connectivity index (χ0v) is 48.8. The molecule has 0 unspecified atom stereocenters. The monoisotopic (exact) mass is 1090 g/mol. The van der Waals surface area contributed by atoms with Gasteiger partial charge in [0.2, 0.25) is 11.8 Å². The van der Waals surface area contributed by atoms with E-state index in [0.717, 1.165) is 60.3 Å². The lowest BCUT2D eigenvalue weighted by atomic mass is 9.76. The molecule has 0 fully saturated rings. The van der Waals surface area contributed by atoms with E-state index in [0.29, 0.717) is 89.6 Å². The summed E-state index contributed by atoms with van der Waals surface area (Å²) in [5, 5.41) is 35.9. The number of benzene rings is 6. The van der Waals surface area contributed by atoms with Gasteiger partial charge in [-0.05, 0) is 149 Å². The molecular formula is C65H75B2N6O6Si+. The van der Waals surface area contributed by atoms with Gasteiger partial charge in [0.25, 0.3) is 0 Å². The number of nitrogens with zero attached hydrogens (tertiary/aromatic N) is 4. The van der Waals surface area contributed by atoms with Crippen molar-refractivity contribution in [1.29, 1.82) is 0 Å². The molecule has 6 aromatic rings. The second-order valence-electron chi connectivity index (χ2n) is 23.0. The first-order valence-corrected chi connectivity index (χ1v) is 31.0. The zero-order chi connectivity index (χ0) is 56.6. The summed E-state index contributed by atoms with van der Waals surface area (Å²) in [6.07, 6.45) is 8.41. The Morgan fingerprint density at radius 2 is 1.21 bits per heavy atom. The van der Waals surface area contributed by atoms with Crippen LogP contribution in [0.5, 0.6) is 0 Å². The number of fused-ring (bicyclic) bond motifs is 6. The van der Waals surface area contributed by atoms with Gasteiger partial charge in [-0.25, -0.2) is 4.58 Å². The number of anilines is 1. The van der Waals surface area contributed by atoms with Gasteiger partial charge in [-0.3, -0.25) is 19.4 Å². The van der Waals surface area contributed by atoms with Crippen LogP contribution in [0.25, 0.3) is 27.1 Å². The summed E-state index contributed by atoms with van der Waals surface area (Å²) in [7, 11) is 4.20. The first-order chi connectivity index (χ1) is 38.4. The van der Waals surface area contributed by atoms with Gasteiger partial charge < -0.3 is 34.9 Å².